The number of hydrogen-bond donors (Lipinski definition) is 4. The maximum atomic E-state index is 11.8. The Balaban J connectivity index is 4.14. The molecule has 0 aliphatic heterocycles. The minimum absolute atomic E-state index is 0.0751. The molecule has 0 aromatic carbocycles. The van der Waals surface area contributed by atoms with Crippen LogP contribution < -0.4 is 5.32 Å². The largest absolute Gasteiger partial charge is 0.481 e. The third kappa shape index (κ3) is 9.67. The Bertz CT molecular complexity index is 348. The number of hydrogen-bond acceptors (Lipinski definition) is 4. The Hall–Kier alpha value is -1.83. The van der Waals surface area contributed by atoms with Crippen LogP contribution in [0.2, 0.25) is 0 Å². The van der Waals surface area contributed by atoms with Crippen molar-refractivity contribution in [1.29, 1.82) is 0 Å². The maximum absolute atomic E-state index is 11.8. The third-order valence-corrected chi connectivity index (χ3v) is 2.98. The molecule has 0 aromatic heterocycles. The van der Waals surface area contributed by atoms with Crippen LogP contribution in [0.4, 0.5) is 4.79 Å². The van der Waals surface area contributed by atoms with Gasteiger partial charge in [-0.15, -0.1) is 0 Å². The van der Waals surface area contributed by atoms with E-state index < -0.39 is 24.0 Å². The van der Waals surface area contributed by atoms with E-state index in [1.807, 2.05) is 0 Å². The number of aliphatic hydroxyl groups is 1. The van der Waals surface area contributed by atoms with Crippen molar-refractivity contribution >= 4 is 18.0 Å². The van der Waals surface area contributed by atoms with Gasteiger partial charge in [-0.3, -0.25) is 4.79 Å². The Morgan fingerprint density at radius 2 is 1.76 bits per heavy atom. The van der Waals surface area contributed by atoms with E-state index in [4.69, 9.17) is 15.3 Å². The minimum atomic E-state index is -1.18. The smallest absolute Gasteiger partial charge is 0.326 e. The standard InChI is InChI=1S/C13H24N2O6/c1-15(8-3-2-4-9-16)13(21)14-10(12(19)20)6-5-7-11(17)18/h10,16H,2-9H2,1H3,(H,14,21)(H,17,18)(H,19,20)/t10-/m1/s1. The number of carboxylic acids is 2. The van der Waals surface area contributed by atoms with Crippen molar-refractivity contribution < 1.29 is 29.7 Å². The second-order valence-electron chi connectivity index (χ2n) is 4.83. The summed E-state index contributed by atoms with van der Waals surface area (Å²) in [6.45, 7) is 0.577. The number of urea groups is 1. The van der Waals surface area contributed by atoms with Gasteiger partial charge in [0.15, 0.2) is 0 Å². The molecule has 21 heavy (non-hydrogen) atoms. The summed E-state index contributed by atoms with van der Waals surface area (Å²) in [4.78, 5) is 34.6. The summed E-state index contributed by atoms with van der Waals surface area (Å²) in [5.74, 6) is -2.17. The molecular formula is C13H24N2O6. The molecule has 0 fully saturated rings. The van der Waals surface area contributed by atoms with Gasteiger partial charge in [0.1, 0.15) is 6.04 Å². The molecule has 8 heteroatoms. The quantitative estimate of drug-likeness (QED) is 0.412. The summed E-state index contributed by atoms with van der Waals surface area (Å²) >= 11 is 0. The zero-order valence-corrected chi connectivity index (χ0v) is 12.2. The van der Waals surface area contributed by atoms with E-state index in [-0.39, 0.29) is 25.9 Å². The van der Waals surface area contributed by atoms with Crippen molar-refractivity contribution in [3.05, 3.63) is 0 Å². The number of nitrogens with zero attached hydrogens (tertiary/aromatic N) is 1. The number of rotatable bonds is 11. The van der Waals surface area contributed by atoms with Crippen LogP contribution in [0, 0.1) is 0 Å². The van der Waals surface area contributed by atoms with Gasteiger partial charge in [0.05, 0.1) is 0 Å². The van der Waals surface area contributed by atoms with Crippen LogP contribution in [0.5, 0.6) is 0 Å². The number of aliphatic carboxylic acids is 2. The first-order valence-corrected chi connectivity index (χ1v) is 6.95. The van der Waals surface area contributed by atoms with E-state index in [1.165, 1.54) is 4.90 Å². The highest BCUT2D eigenvalue weighted by Gasteiger charge is 2.21. The summed E-state index contributed by atoms with van der Waals surface area (Å²) in [5, 5.41) is 28.5. The normalized spacial score (nSPS) is 11.7. The second-order valence-corrected chi connectivity index (χ2v) is 4.83. The predicted octanol–water partition coefficient (Wildman–Crippen LogP) is 0.499. The van der Waals surface area contributed by atoms with Crippen LogP contribution in [-0.2, 0) is 9.59 Å². The summed E-state index contributed by atoms with van der Waals surface area (Å²) in [5.41, 5.74) is 0. The van der Waals surface area contributed by atoms with E-state index in [0.29, 0.717) is 13.0 Å². The Labute approximate surface area is 123 Å². The first-order chi connectivity index (χ1) is 9.88. The topological polar surface area (TPSA) is 127 Å². The molecule has 0 spiro atoms. The average Bonchev–Trinajstić information content (AvgIpc) is 2.41. The molecule has 1 atom stereocenters. The van der Waals surface area contributed by atoms with Gasteiger partial charge in [-0.1, -0.05) is 0 Å². The lowest BCUT2D eigenvalue weighted by atomic mass is 10.1. The van der Waals surface area contributed by atoms with Gasteiger partial charge in [0.25, 0.3) is 0 Å². The van der Waals surface area contributed by atoms with Crippen molar-refractivity contribution in [2.24, 2.45) is 0 Å². The van der Waals surface area contributed by atoms with E-state index in [0.717, 1.165) is 12.8 Å². The molecule has 2 amide bonds. The number of carbonyl (C=O) groups is 3. The van der Waals surface area contributed by atoms with Gasteiger partial charge in [0.2, 0.25) is 0 Å². The molecule has 8 nitrogen and oxygen atoms in total. The Morgan fingerprint density at radius 1 is 1.10 bits per heavy atom. The molecule has 0 saturated heterocycles. The molecule has 0 aromatic rings. The number of aliphatic hydroxyl groups excluding tert-OH is 1. The van der Waals surface area contributed by atoms with Crippen LogP contribution in [0.15, 0.2) is 0 Å². The first-order valence-electron chi connectivity index (χ1n) is 6.95. The van der Waals surface area contributed by atoms with Crippen molar-refractivity contribution in [2.75, 3.05) is 20.2 Å². The van der Waals surface area contributed by atoms with Crippen molar-refractivity contribution in [3.8, 4) is 0 Å². The molecule has 0 radical (unpaired) electrons. The Kier molecular flexibility index (Phi) is 9.95. The first kappa shape index (κ1) is 19.2. The fraction of sp³-hybridized carbons (Fsp3) is 0.769. The minimum Gasteiger partial charge on any atom is -0.481 e. The number of unbranched alkanes of at least 4 members (excludes halogenated alkanes) is 2. The SMILES string of the molecule is CN(CCCCCO)C(=O)N[C@H](CCCC(=O)O)C(=O)O. The van der Waals surface area contributed by atoms with Crippen LogP contribution in [0.1, 0.15) is 38.5 Å². The Morgan fingerprint density at radius 3 is 2.29 bits per heavy atom. The highest BCUT2D eigenvalue weighted by molar-refractivity contribution is 5.82. The molecule has 0 saturated carbocycles. The number of nitrogens with one attached hydrogen (secondary N) is 1. The highest BCUT2D eigenvalue weighted by atomic mass is 16.4. The lowest BCUT2D eigenvalue weighted by molar-refractivity contribution is -0.140. The van der Waals surface area contributed by atoms with Gasteiger partial charge in [-0.25, -0.2) is 9.59 Å². The molecule has 0 aliphatic carbocycles. The monoisotopic (exact) mass is 304 g/mol. The summed E-state index contributed by atoms with van der Waals surface area (Å²) in [6, 6.07) is -1.58. The average molecular weight is 304 g/mol. The lowest BCUT2D eigenvalue weighted by Gasteiger charge is -2.21. The van der Waals surface area contributed by atoms with Gasteiger partial charge < -0.3 is 25.5 Å². The van der Waals surface area contributed by atoms with Crippen molar-refractivity contribution in [2.45, 2.75) is 44.6 Å². The molecule has 0 rings (SSSR count). The van der Waals surface area contributed by atoms with Gasteiger partial charge in [-0.05, 0) is 32.1 Å². The zero-order chi connectivity index (χ0) is 16.3. The molecule has 0 unspecified atom stereocenters. The van der Waals surface area contributed by atoms with Gasteiger partial charge in [0, 0.05) is 26.6 Å². The summed E-state index contributed by atoms with van der Waals surface area (Å²) in [7, 11) is 1.56. The number of amides is 2. The highest BCUT2D eigenvalue weighted by Crippen LogP contribution is 2.03. The number of carboxylic acid groups (broad SMARTS) is 2. The van der Waals surface area contributed by atoms with E-state index in [1.54, 1.807) is 7.05 Å². The second kappa shape index (κ2) is 10.9. The van der Waals surface area contributed by atoms with Crippen LogP contribution in [0.25, 0.3) is 0 Å². The van der Waals surface area contributed by atoms with E-state index in [2.05, 4.69) is 5.32 Å². The molecule has 0 heterocycles. The summed E-state index contributed by atoms with van der Waals surface area (Å²) in [6.07, 6.45) is 2.31. The zero-order valence-electron chi connectivity index (χ0n) is 12.2. The van der Waals surface area contributed by atoms with Crippen LogP contribution in [0.3, 0.4) is 0 Å². The molecule has 122 valence electrons. The molecule has 4 N–H and O–H groups in total. The molecular weight excluding hydrogens is 280 g/mol. The van der Waals surface area contributed by atoms with Crippen molar-refractivity contribution in [3.63, 3.8) is 0 Å². The summed E-state index contributed by atoms with van der Waals surface area (Å²) < 4.78 is 0. The van der Waals surface area contributed by atoms with Crippen LogP contribution in [-0.4, -0.2) is 64.4 Å². The number of carbonyl (C=O) groups excluding carboxylic acids is 1. The third-order valence-electron chi connectivity index (χ3n) is 2.98. The van der Waals surface area contributed by atoms with E-state index >= 15 is 0 Å². The van der Waals surface area contributed by atoms with Gasteiger partial charge in [-0.2, -0.15) is 0 Å². The van der Waals surface area contributed by atoms with Crippen LogP contribution >= 0.6 is 0 Å². The maximum Gasteiger partial charge on any atom is 0.326 e. The predicted molar refractivity (Wildman–Crippen MR) is 75.0 cm³/mol. The lowest BCUT2D eigenvalue weighted by Crippen LogP contribution is -2.46. The molecule has 0 bridgehead atoms. The van der Waals surface area contributed by atoms with Gasteiger partial charge >= 0.3 is 18.0 Å². The van der Waals surface area contributed by atoms with E-state index in [9.17, 15) is 14.4 Å². The fourth-order valence-electron chi connectivity index (χ4n) is 1.71. The molecule has 0 aliphatic rings. The van der Waals surface area contributed by atoms with Crippen molar-refractivity contribution in [1.82, 2.24) is 10.2 Å². The fourth-order valence-corrected chi connectivity index (χ4v) is 1.71.